The van der Waals surface area contributed by atoms with Crippen molar-refractivity contribution in [2.45, 2.75) is 25.8 Å². The molecule has 0 spiro atoms. The third-order valence-electron chi connectivity index (χ3n) is 3.05. The van der Waals surface area contributed by atoms with Crippen LogP contribution in [0.15, 0.2) is 34.9 Å². The zero-order valence-electron chi connectivity index (χ0n) is 10.4. The van der Waals surface area contributed by atoms with E-state index in [-0.39, 0.29) is 6.61 Å². The van der Waals surface area contributed by atoms with Crippen LogP contribution >= 0.6 is 15.9 Å². The van der Waals surface area contributed by atoms with Crippen LogP contribution in [0, 0.1) is 0 Å². The zero-order chi connectivity index (χ0) is 13.0. The molecule has 1 heterocycles. The van der Waals surface area contributed by atoms with Gasteiger partial charge in [0.05, 0.1) is 5.52 Å². The lowest BCUT2D eigenvalue weighted by Crippen LogP contribution is -2.19. The van der Waals surface area contributed by atoms with E-state index in [2.05, 4.69) is 39.2 Å². The Labute approximate surface area is 115 Å². The number of aliphatic hydroxyl groups excluding tert-OH is 1. The highest BCUT2D eigenvalue weighted by Crippen LogP contribution is 2.28. The van der Waals surface area contributed by atoms with E-state index in [1.165, 1.54) is 0 Å². The Morgan fingerprint density at radius 2 is 2.22 bits per heavy atom. The molecule has 0 aliphatic heterocycles. The van der Waals surface area contributed by atoms with Crippen molar-refractivity contribution in [1.29, 1.82) is 0 Å². The normalized spacial score (nSPS) is 12.6. The summed E-state index contributed by atoms with van der Waals surface area (Å²) >= 11 is 3.51. The first-order valence-electron chi connectivity index (χ1n) is 6.17. The zero-order valence-corrected chi connectivity index (χ0v) is 11.9. The molecule has 2 N–H and O–H groups in total. The van der Waals surface area contributed by atoms with Gasteiger partial charge < -0.3 is 10.4 Å². The first-order valence-corrected chi connectivity index (χ1v) is 6.96. The largest absolute Gasteiger partial charge is 0.396 e. The van der Waals surface area contributed by atoms with Crippen LogP contribution in [-0.2, 0) is 0 Å². The van der Waals surface area contributed by atoms with Crippen molar-refractivity contribution < 1.29 is 5.11 Å². The third-order valence-corrected chi connectivity index (χ3v) is 3.69. The summed E-state index contributed by atoms with van der Waals surface area (Å²) in [6, 6.07) is 8.33. The lowest BCUT2D eigenvalue weighted by Gasteiger charge is -2.18. The Morgan fingerprint density at radius 3 is 2.94 bits per heavy atom. The maximum Gasteiger partial charge on any atom is 0.0864 e. The minimum atomic E-state index is 0.207. The Hall–Kier alpha value is -1.13. The summed E-state index contributed by atoms with van der Waals surface area (Å²) in [5, 5.41) is 13.6. The topological polar surface area (TPSA) is 45.1 Å². The number of para-hydroxylation sites is 1. The molecule has 1 aromatic carbocycles. The van der Waals surface area contributed by atoms with E-state index in [9.17, 15) is 0 Å². The molecule has 1 atom stereocenters. The Kier molecular flexibility index (Phi) is 4.55. The summed E-state index contributed by atoms with van der Waals surface area (Å²) in [6.45, 7) is 2.32. The highest BCUT2D eigenvalue weighted by Gasteiger charge is 2.09. The molecule has 96 valence electrons. The van der Waals surface area contributed by atoms with Gasteiger partial charge in [-0.05, 0) is 40.9 Å². The molecule has 0 amide bonds. The molecule has 2 aromatic rings. The average Bonchev–Trinajstić information content (AvgIpc) is 2.39. The van der Waals surface area contributed by atoms with Gasteiger partial charge in [-0.1, -0.05) is 19.1 Å². The number of benzene rings is 1. The molecule has 0 radical (unpaired) electrons. The summed E-state index contributed by atoms with van der Waals surface area (Å²) in [6.07, 6.45) is 3.55. The van der Waals surface area contributed by atoms with Gasteiger partial charge in [-0.3, -0.25) is 4.98 Å². The number of fused-ring (bicyclic) bond motifs is 1. The molecule has 0 aliphatic carbocycles. The van der Waals surface area contributed by atoms with Crippen LogP contribution in [-0.4, -0.2) is 22.7 Å². The van der Waals surface area contributed by atoms with E-state index >= 15 is 0 Å². The van der Waals surface area contributed by atoms with Crippen molar-refractivity contribution in [2.24, 2.45) is 0 Å². The Bertz CT molecular complexity index is 530. The predicted molar refractivity (Wildman–Crippen MR) is 78.8 cm³/mol. The molecule has 4 heteroatoms. The second-order valence-corrected chi connectivity index (χ2v) is 5.11. The van der Waals surface area contributed by atoms with Crippen LogP contribution in [0.2, 0.25) is 0 Å². The van der Waals surface area contributed by atoms with Crippen molar-refractivity contribution in [2.75, 3.05) is 11.9 Å². The maximum absolute atomic E-state index is 9.04. The summed E-state index contributed by atoms with van der Waals surface area (Å²) < 4.78 is 0.999. The molecule has 1 unspecified atom stereocenters. The molecule has 2 rings (SSSR count). The first kappa shape index (κ1) is 13.3. The minimum absolute atomic E-state index is 0.207. The molecule has 3 nitrogen and oxygen atoms in total. The van der Waals surface area contributed by atoms with E-state index in [1.54, 1.807) is 6.20 Å². The summed E-state index contributed by atoms with van der Waals surface area (Å²) in [5.41, 5.74) is 2.03. The number of nitrogens with one attached hydrogen (secondary N) is 1. The fraction of sp³-hybridized carbons (Fsp3) is 0.357. The van der Waals surface area contributed by atoms with Crippen molar-refractivity contribution in [3.05, 3.63) is 34.9 Å². The predicted octanol–water partition coefficient (Wildman–Crippen LogP) is 3.57. The lowest BCUT2D eigenvalue weighted by atomic mass is 10.1. The van der Waals surface area contributed by atoms with Crippen LogP contribution in [0.5, 0.6) is 0 Å². The van der Waals surface area contributed by atoms with Gasteiger partial charge in [-0.2, -0.15) is 0 Å². The van der Waals surface area contributed by atoms with Crippen LogP contribution in [0.3, 0.4) is 0 Å². The SMILES string of the molecule is CCC(CCO)Nc1ccnc2c(Br)cccc12. The van der Waals surface area contributed by atoms with Crippen LogP contribution < -0.4 is 5.32 Å². The van der Waals surface area contributed by atoms with E-state index in [0.29, 0.717) is 6.04 Å². The Balaban J connectivity index is 2.36. The second kappa shape index (κ2) is 6.16. The quantitative estimate of drug-likeness (QED) is 0.887. The van der Waals surface area contributed by atoms with Gasteiger partial charge in [-0.15, -0.1) is 0 Å². The third kappa shape index (κ3) is 2.82. The number of nitrogens with zero attached hydrogens (tertiary/aromatic N) is 1. The molecule has 0 fully saturated rings. The van der Waals surface area contributed by atoms with Crippen LogP contribution in [0.4, 0.5) is 5.69 Å². The number of pyridine rings is 1. The number of hydrogen-bond acceptors (Lipinski definition) is 3. The van der Waals surface area contributed by atoms with Crippen molar-refractivity contribution in [3.63, 3.8) is 0 Å². The van der Waals surface area contributed by atoms with E-state index in [1.807, 2.05) is 18.2 Å². The number of rotatable bonds is 5. The summed E-state index contributed by atoms with van der Waals surface area (Å²) in [5.74, 6) is 0. The number of aliphatic hydroxyl groups is 1. The fourth-order valence-electron chi connectivity index (χ4n) is 2.02. The number of aromatic nitrogens is 1. The molecule has 0 saturated heterocycles. The van der Waals surface area contributed by atoms with Gasteiger partial charge in [0, 0.05) is 34.4 Å². The summed E-state index contributed by atoms with van der Waals surface area (Å²) in [4.78, 5) is 4.38. The molecule has 0 aliphatic rings. The highest BCUT2D eigenvalue weighted by molar-refractivity contribution is 9.10. The van der Waals surface area contributed by atoms with Gasteiger partial charge in [0.1, 0.15) is 0 Å². The monoisotopic (exact) mass is 308 g/mol. The standard InChI is InChI=1S/C14H17BrN2O/c1-2-10(7-9-18)17-13-6-8-16-14-11(13)4-3-5-12(14)15/h3-6,8,10,18H,2,7,9H2,1H3,(H,16,17). The number of anilines is 1. The van der Waals surface area contributed by atoms with Gasteiger partial charge in [0.25, 0.3) is 0 Å². The van der Waals surface area contributed by atoms with Crippen molar-refractivity contribution in [1.82, 2.24) is 4.98 Å². The van der Waals surface area contributed by atoms with E-state index in [4.69, 9.17) is 5.11 Å². The van der Waals surface area contributed by atoms with Gasteiger partial charge >= 0.3 is 0 Å². The van der Waals surface area contributed by atoms with Gasteiger partial charge in [0.15, 0.2) is 0 Å². The van der Waals surface area contributed by atoms with Crippen molar-refractivity contribution >= 4 is 32.5 Å². The van der Waals surface area contributed by atoms with E-state index in [0.717, 1.165) is 33.9 Å². The van der Waals surface area contributed by atoms with Gasteiger partial charge in [-0.25, -0.2) is 0 Å². The summed E-state index contributed by atoms with van der Waals surface area (Å²) in [7, 11) is 0. The Morgan fingerprint density at radius 1 is 1.39 bits per heavy atom. The number of hydrogen-bond donors (Lipinski definition) is 2. The average molecular weight is 309 g/mol. The maximum atomic E-state index is 9.04. The molecule has 1 aromatic heterocycles. The molecule has 18 heavy (non-hydrogen) atoms. The molecular formula is C14H17BrN2O. The van der Waals surface area contributed by atoms with E-state index < -0.39 is 0 Å². The number of halogens is 1. The van der Waals surface area contributed by atoms with Crippen LogP contribution in [0.25, 0.3) is 10.9 Å². The highest BCUT2D eigenvalue weighted by atomic mass is 79.9. The lowest BCUT2D eigenvalue weighted by molar-refractivity contribution is 0.278. The second-order valence-electron chi connectivity index (χ2n) is 4.26. The first-order chi connectivity index (χ1) is 8.76. The fourth-order valence-corrected chi connectivity index (χ4v) is 2.49. The minimum Gasteiger partial charge on any atom is -0.396 e. The molecule has 0 saturated carbocycles. The van der Waals surface area contributed by atoms with Crippen molar-refractivity contribution in [3.8, 4) is 0 Å². The van der Waals surface area contributed by atoms with Gasteiger partial charge in [0.2, 0.25) is 0 Å². The molecular weight excluding hydrogens is 292 g/mol. The van der Waals surface area contributed by atoms with Crippen LogP contribution in [0.1, 0.15) is 19.8 Å². The molecule has 0 bridgehead atoms. The smallest absolute Gasteiger partial charge is 0.0864 e.